The van der Waals surface area contributed by atoms with Gasteiger partial charge >= 0.3 is 18.0 Å². The first-order chi connectivity index (χ1) is 12.8. The summed E-state index contributed by atoms with van der Waals surface area (Å²) in [7, 11) is 0. The molecule has 2 nitrogen and oxygen atoms in total. The molecule has 0 aliphatic carbocycles. The molecule has 150 valence electrons. The predicted molar refractivity (Wildman–Crippen MR) is 86.5 cm³/mol. The van der Waals surface area contributed by atoms with Crippen LogP contribution in [0.5, 0.6) is 0 Å². The van der Waals surface area contributed by atoms with Crippen molar-refractivity contribution >= 4 is 11.6 Å². The van der Waals surface area contributed by atoms with Gasteiger partial charge in [0.25, 0.3) is 0 Å². The maximum Gasteiger partial charge on any atom is 0.460 e. The summed E-state index contributed by atoms with van der Waals surface area (Å²) in [5.41, 5.74) is 2.16. The van der Waals surface area contributed by atoms with Gasteiger partial charge in [0, 0.05) is 5.56 Å². The van der Waals surface area contributed by atoms with Gasteiger partial charge in [0.2, 0.25) is 5.78 Å². The van der Waals surface area contributed by atoms with Crippen LogP contribution in [-0.2, 0) is 4.79 Å². The zero-order valence-corrected chi connectivity index (χ0v) is 14.3. The average molecular weight is 406 g/mol. The van der Waals surface area contributed by atoms with Gasteiger partial charge in [-0.25, -0.2) is 0 Å². The number of alkyl halides is 7. The SMILES string of the molecule is Cc1ccc(-c2ccc(C(=O)CC(=O)C(F)(F)C(F)(F)C(F)(F)F)cc2)cc1. The van der Waals surface area contributed by atoms with Crippen molar-refractivity contribution in [1.29, 1.82) is 0 Å². The van der Waals surface area contributed by atoms with Crippen molar-refractivity contribution in [1.82, 2.24) is 0 Å². The molecular formula is C19H13F7O2. The van der Waals surface area contributed by atoms with Crippen LogP contribution in [0.15, 0.2) is 48.5 Å². The van der Waals surface area contributed by atoms with Crippen LogP contribution in [0.2, 0.25) is 0 Å². The maximum absolute atomic E-state index is 13.3. The highest BCUT2D eigenvalue weighted by molar-refractivity contribution is 6.10. The van der Waals surface area contributed by atoms with Crippen LogP contribution in [0, 0.1) is 6.92 Å². The smallest absolute Gasteiger partial charge is 0.294 e. The van der Waals surface area contributed by atoms with Crippen LogP contribution in [0.1, 0.15) is 22.3 Å². The lowest BCUT2D eigenvalue weighted by Gasteiger charge is -2.26. The van der Waals surface area contributed by atoms with Gasteiger partial charge in [0.05, 0.1) is 6.42 Å². The van der Waals surface area contributed by atoms with E-state index in [9.17, 15) is 40.3 Å². The Hall–Kier alpha value is -2.71. The molecule has 0 aliphatic heterocycles. The zero-order chi connectivity index (χ0) is 21.3. The third-order valence-corrected chi connectivity index (χ3v) is 4.01. The van der Waals surface area contributed by atoms with E-state index in [-0.39, 0.29) is 5.56 Å². The summed E-state index contributed by atoms with van der Waals surface area (Å²) in [6, 6.07) is 12.4. The first-order valence-electron chi connectivity index (χ1n) is 7.83. The molecule has 2 aromatic carbocycles. The molecule has 0 fully saturated rings. The van der Waals surface area contributed by atoms with Gasteiger partial charge in [-0.3, -0.25) is 9.59 Å². The highest BCUT2D eigenvalue weighted by Crippen LogP contribution is 2.47. The van der Waals surface area contributed by atoms with Crippen LogP contribution in [0.4, 0.5) is 30.7 Å². The van der Waals surface area contributed by atoms with Crippen molar-refractivity contribution in [3.8, 4) is 11.1 Å². The third-order valence-electron chi connectivity index (χ3n) is 4.01. The summed E-state index contributed by atoms with van der Waals surface area (Å²) in [4.78, 5) is 23.2. The second-order valence-electron chi connectivity index (χ2n) is 6.11. The lowest BCUT2D eigenvalue weighted by molar-refractivity contribution is -0.343. The monoisotopic (exact) mass is 406 g/mol. The molecule has 0 atom stereocenters. The van der Waals surface area contributed by atoms with Crippen LogP contribution in [0.25, 0.3) is 11.1 Å². The zero-order valence-electron chi connectivity index (χ0n) is 14.3. The van der Waals surface area contributed by atoms with Gasteiger partial charge in [-0.2, -0.15) is 30.7 Å². The summed E-state index contributed by atoms with van der Waals surface area (Å²) in [6.07, 6.45) is -8.42. The van der Waals surface area contributed by atoms with Crippen molar-refractivity contribution < 1.29 is 40.3 Å². The molecule has 0 unspecified atom stereocenters. The molecule has 0 spiro atoms. The highest BCUT2D eigenvalue weighted by Gasteiger charge is 2.75. The Morgan fingerprint density at radius 2 is 1.18 bits per heavy atom. The molecule has 0 radical (unpaired) electrons. The van der Waals surface area contributed by atoms with Gasteiger partial charge in [0.15, 0.2) is 5.78 Å². The molecular weight excluding hydrogens is 393 g/mol. The Bertz CT molecular complexity index is 867. The second-order valence-corrected chi connectivity index (χ2v) is 6.11. The molecule has 0 aliphatic rings. The van der Waals surface area contributed by atoms with E-state index in [0.717, 1.165) is 11.1 Å². The summed E-state index contributed by atoms with van der Waals surface area (Å²) in [5, 5.41) is 0. The summed E-state index contributed by atoms with van der Waals surface area (Å²) < 4.78 is 88.7. The van der Waals surface area contributed by atoms with E-state index in [2.05, 4.69) is 0 Å². The van der Waals surface area contributed by atoms with E-state index in [1.54, 1.807) is 12.1 Å². The Morgan fingerprint density at radius 3 is 1.61 bits per heavy atom. The molecule has 2 aromatic rings. The number of rotatable bonds is 6. The number of aryl methyl sites for hydroxylation is 1. The van der Waals surface area contributed by atoms with Crippen LogP contribution >= 0.6 is 0 Å². The van der Waals surface area contributed by atoms with Crippen molar-refractivity contribution in [2.45, 2.75) is 31.4 Å². The topological polar surface area (TPSA) is 34.1 Å². The fourth-order valence-electron chi connectivity index (χ4n) is 2.31. The minimum atomic E-state index is -6.63. The number of hydrogen-bond acceptors (Lipinski definition) is 2. The number of ketones is 2. The first-order valence-corrected chi connectivity index (χ1v) is 7.83. The summed E-state index contributed by atoms with van der Waals surface area (Å²) >= 11 is 0. The van der Waals surface area contributed by atoms with Crippen molar-refractivity contribution in [2.24, 2.45) is 0 Å². The van der Waals surface area contributed by atoms with E-state index in [0.29, 0.717) is 5.56 Å². The van der Waals surface area contributed by atoms with Crippen molar-refractivity contribution in [3.63, 3.8) is 0 Å². The van der Waals surface area contributed by atoms with E-state index < -0.39 is 36.0 Å². The lowest BCUT2D eigenvalue weighted by atomic mass is 9.97. The molecule has 0 amide bonds. The van der Waals surface area contributed by atoms with E-state index in [1.807, 2.05) is 19.1 Å². The molecule has 0 saturated heterocycles. The van der Waals surface area contributed by atoms with Crippen molar-refractivity contribution in [3.05, 3.63) is 59.7 Å². The molecule has 0 N–H and O–H groups in total. The maximum atomic E-state index is 13.3. The van der Waals surface area contributed by atoms with Gasteiger partial charge < -0.3 is 0 Å². The predicted octanol–water partition coefficient (Wildman–Crippen LogP) is 5.64. The molecule has 9 heteroatoms. The lowest BCUT2D eigenvalue weighted by Crippen LogP contribution is -2.56. The third kappa shape index (κ3) is 4.07. The van der Waals surface area contributed by atoms with E-state index >= 15 is 0 Å². The fraction of sp³-hybridized carbons (Fsp3) is 0.263. The number of halogens is 7. The standard InChI is InChI=1S/C19H13F7O2/c1-11-2-4-12(5-3-11)13-6-8-14(9-7-13)15(27)10-16(28)17(20,21)18(22,23)19(24,25)26/h2-9H,10H2,1H3. The molecule has 28 heavy (non-hydrogen) atoms. The Kier molecular flexibility index (Phi) is 5.68. The Morgan fingerprint density at radius 1 is 0.750 bits per heavy atom. The molecule has 0 bridgehead atoms. The number of carbonyl (C=O) groups is 2. The largest absolute Gasteiger partial charge is 0.460 e. The average Bonchev–Trinajstić information content (AvgIpc) is 2.61. The molecule has 0 aromatic heterocycles. The van der Waals surface area contributed by atoms with E-state index in [1.165, 1.54) is 24.3 Å². The number of hydrogen-bond donors (Lipinski definition) is 0. The number of carbonyl (C=O) groups excluding carboxylic acids is 2. The van der Waals surface area contributed by atoms with Crippen LogP contribution in [-0.4, -0.2) is 29.6 Å². The first kappa shape index (κ1) is 21.6. The van der Waals surface area contributed by atoms with Gasteiger partial charge in [-0.1, -0.05) is 54.1 Å². The normalized spacial score (nSPS) is 12.7. The van der Waals surface area contributed by atoms with Gasteiger partial charge in [-0.05, 0) is 18.1 Å². The summed E-state index contributed by atoms with van der Waals surface area (Å²) in [5.74, 6) is -16.7. The van der Waals surface area contributed by atoms with Crippen molar-refractivity contribution in [2.75, 3.05) is 0 Å². The molecule has 0 heterocycles. The minimum absolute atomic E-state index is 0.268. The quantitative estimate of drug-likeness (QED) is 0.354. The van der Waals surface area contributed by atoms with Gasteiger partial charge in [0.1, 0.15) is 0 Å². The minimum Gasteiger partial charge on any atom is -0.294 e. The van der Waals surface area contributed by atoms with E-state index in [4.69, 9.17) is 0 Å². The second kappa shape index (κ2) is 7.37. The molecule has 2 rings (SSSR count). The molecule has 0 saturated carbocycles. The van der Waals surface area contributed by atoms with Gasteiger partial charge in [-0.15, -0.1) is 0 Å². The Labute approximate surface area is 155 Å². The summed E-state index contributed by atoms with van der Waals surface area (Å²) in [6.45, 7) is 1.88. The number of Topliss-reactive ketones (excluding diaryl/α,β-unsaturated/α-hetero) is 2. The Balaban J connectivity index is 2.16. The van der Waals surface area contributed by atoms with Crippen LogP contribution in [0.3, 0.4) is 0 Å². The number of benzene rings is 2. The van der Waals surface area contributed by atoms with Crippen LogP contribution < -0.4 is 0 Å². The highest BCUT2D eigenvalue weighted by atomic mass is 19.4. The fourth-order valence-corrected chi connectivity index (χ4v) is 2.31.